The molecule has 0 unspecified atom stereocenters. The molecule has 1 aromatic rings. The number of carbonyl (C=O) groups is 1. The standard InChI is InChI=1S/C18H26N2O3.ClH/c1-19-8-5-14-6-9-20(10-7-14)18(21)15-3-4-16-17(13-15)23-12-2-11-22-16;/h3-4,13-14,19H,2,5-12H2,1H3;1H. The molecule has 0 saturated carbocycles. The number of rotatable bonds is 4. The quantitative estimate of drug-likeness (QED) is 0.903. The molecule has 1 N–H and O–H groups in total. The molecule has 2 heterocycles. The van der Waals surface area contributed by atoms with Gasteiger partial charge in [-0.05, 0) is 57.0 Å². The van der Waals surface area contributed by atoms with Gasteiger partial charge in [0.25, 0.3) is 5.91 Å². The Morgan fingerprint density at radius 2 is 1.92 bits per heavy atom. The van der Waals surface area contributed by atoms with Gasteiger partial charge >= 0.3 is 0 Å². The third kappa shape index (κ3) is 4.54. The van der Waals surface area contributed by atoms with E-state index >= 15 is 0 Å². The van der Waals surface area contributed by atoms with Crippen molar-refractivity contribution in [1.29, 1.82) is 0 Å². The van der Waals surface area contributed by atoms with Gasteiger partial charge in [0.05, 0.1) is 13.2 Å². The summed E-state index contributed by atoms with van der Waals surface area (Å²) in [6.07, 6.45) is 4.26. The summed E-state index contributed by atoms with van der Waals surface area (Å²) in [6, 6.07) is 5.53. The highest BCUT2D eigenvalue weighted by Gasteiger charge is 2.24. The Morgan fingerprint density at radius 3 is 2.62 bits per heavy atom. The molecule has 0 atom stereocenters. The first-order chi connectivity index (χ1) is 11.3. The number of likely N-dealkylation sites (tertiary alicyclic amines) is 1. The Kier molecular flexibility index (Phi) is 7.18. The van der Waals surface area contributed by atoms with Crippen molar-refractivity contribution in [3.8, 4) is 11.5 Å². The summed E-state index contributed by atoms with van der Waals surface area (Å²) in [7, 11) is 1.99. The van der Waals surface area contributed by atoms with E-state index in [0.29, 0.717) is 24.5 Å². The van der Waals surface area contributed by atoms with Crippen LogP contribution in [0.25, 0.3) is 0 Å². The fourth-order valence-corrected chi connectivity index (χ4v) is 3.25. The first-order valence-corrected chi connectivity index (χ1v) is 8.61. The van der Waals surface area contributed by atoms with Crippen LogP contribution in [0, 0.1) is 5.92 Å². The maximum atomic E-state index is 12.7. The van der Waals surface area contributed by atoms with Crippen molar-refractivity contribution in [2.24, 2.45) is 5.92 Å². The molecule has 0 aliphatic carbocycles. The summed E-state index contributed by atoms with van der Waals surface area (Å²) in [5.41, 5.74) is 0.697. The lowest BCUT2D eigenvalue weighted by Gasteiger charge is -2.32. The number of benzene rings is 1. The van der Waals surface area contributed by atoms with Crippen LogP contribution in [0.1, 0.15) is 36.0 Å². The lowest BCUT2D eigenvalue weighted by Crippen LogP contribution is -2.38. The highest BCUT2D eigenvalue weighted by molar-refractivity contribution is 5.95. The second kappa shape index (κ2) is 9.14. The molecule has 6 heteroatoms. The van der Waals surface area contributed by atoms with E-state index in [4.69, 9.17) is 9.47 Å². The SMILES string of the molecule is CNCCC1CCN(C(=O)c2ccc3c(c2)OCCCO3)CC1.Cl. The number of carbonyl (C=O) groups excluding carboxylic acids is 1. The number of nitrogens with one attached hydrogen (secondary N) is 1. The third-order valence-corrected chi connectivity index (χ3v) is 4.70. The predicted molar refractivity (Wildman–Crippen MR) is 96.5 cm³/mol. The summed E-state index contributed by atoms with van der Waals surface area (Å²) in [4.78, 5) is 14.7. The predicted octanol–water partition coefficient (Wildman–Crippen LogP) is 2.73. The largest absolute Gasteiger partial charge is 0.490 e. The van der Waals surface area contributed by atoms with Gasteiger partial charge in [0.15, 0.2) is 11.5 Å². The normalized spacial score (nSPS) is 17.8. The Morgan fingerprint density at radius 1 is 1.21 bits per heavy atom. The molecule has 0 bridgehead atoms. The van der Waals surface area contributed by atoms with Gasteiger partial charge in [-0.3, -0.25) is 4.79 Å². The number of nitrogens with zero attached hydrogens (tertiary/aromatic N) is 1. The third-order valence-electron chi connectivity index (χ3n) is 4.70. The summed E-state index contributed by atoms with van der Waals surface area (Å²) < 4.78 is 11.3. The van der Waals surface area contributed by atoms with Crippen LogP contribution in [0.4, 0.5) is 0 Å². The second-order valence-electron chi connectivity index (χ2n) is 6.34. The summed E-state index contributed by atoms with van der Waals surface area (Å²) in [5, 5.41) is 3.20. The highest BCUT2D eigenvalue weighted by atomic mass is 35.5. The van der Waals surface area contributed by atoms with Crippen molar-refractivity contribution in [2.45, 2.75) is 25.7 Å². The second-order valence-corrected chi connectivity index (χ2v) is 6.34. The number of hydrogen-bond donors (Lipinski definition) is 1. The molecule has 3 rings (SSSR count). The van der Waals surface area contributed by atoms with E-state index < -0.39 is 0 Å². The molecule has 0 aromatic heterocycles. The van der Waals surface area contributed by atoms with Gasteiger partial charge in [-0.15, -0.1) is 12.4 Å². The molecule has 1 fully saturated rings. The smallest absolute Gasteiger partial charge is 0.253 e. The molecule has 134 valence electrons. The topological polar surface area (TPSA) is 50.8 Å². The van der Waals surface area contributed by atoms with Gasteiger partial charge < -0.3 is 19.7 Å². The van der Waals surface area contributed by atoms with Gasteiger partial charge in [0.1, 0.15) is 0 Å². The molecule has 5 nitrogen and oxygen atoms in total. The lowest BCUT2D eigenvalue weighted by atomic mass is 9.93. The fraction of sp³-hybridized carbons (Fsp3) is 0.611. The number of halogens is 1. The number of amides is 1. The summed E-state index contributed by atoms with van der Waals surface area (Å²) in [6.45, 7) is 4.06. The first-order valence-electron chi connectivity index (χ1n) is 8.61. The maximum absolute atomic E-state index is 12.7. The van der Waals surface area contributed by atoms with E-state index in [-0.39, 0.29) is 18.3 Å². The fourth-order valence-electron chi connectivity index (χ4n) is 3.25. The van der Waals surface area contributed by atoms with Crippen molar-refractivity contribution >= 4 is 18.3 Å². The van der Waals surface area contributed by atoms with Crippen LogP contribution in [-0.4, -0.2) is 50.7 Å². The van der Waals surface area contributed by atoms with Gasteiger partial charge in [-0.25, -0.2) is 0 Å². The highest BCUT2D eigenvalue weighted by Crippen LogP contribution is 2.31. The average molecular weight is 355 g/mol. The van der Waals surface area contributed by atoms with Crippen LogP contribution in [0.5, 0.6) is 11.5 Å². The summed E-state index contributed by atoms with van der Waals surface area (Å²) in [5.74, 6) is 2.27. The molecule has 2 aliphatic rings. The van der Waals surface area contributed by atoms with Crippen molar-refractivity contribution in [3.05, 3.63) is 23.8 Å². The van der Waals surface area contributed by atoms with Crippen LogP contribution >= 0.6 is 12.4 Å². The van der Waals surface area contributed by atoms with E-state index in [1.54, 1.807) is 0 Å². The van der Waals surface area contributed by atoms with Gasteiger partial charge in [-0.1, -0.05) is 0 Å². The number of piperidine rings is 1. The molecule has 24 heavy (non-hydrogen) atoms. The van der Waals surface area contributed by atoms with Crippen molar-refractivity contribution in [2.75, 3.05) is 39.9 Å². The number of hydrogen-bond acceptors (Lipinski definition) is 4. The number of fused-ring (bicyclic) bond motifs is 1. The molecular formula is C18H27ClN2O3. The van der Waals surface area contributed by atoms with Crippen LogP contribution in [-0.2, 0) is 0 Å². The Labute approximate surface area is 150 Å². The molecule has 1 amide bonds. The minimum Gasteiger partial charge on any atom is -0.490 e. The lowest BCUT2D eigenvalue weighted by molar-refractivity contribution is 0.0686. The first kappa shape index (κ1) is 18.9. The van der Waals surface area contributed by atoms with E-state index in [9.17, 15) is 4.79 Å². The van der Waals surface area contributed by atoms with Crippen LogP contribution < -0.4 is 14.8 Å². The monoisotopic (exact) mass is 354 g/mol. The summed E-state index contributed by atoms with van der Waals surface area (Å²) >= 11 is 0. The Hall–Kier alpha value is -1.46. The van der Waals surface area contributed by atoms with E-state index in [1.807, 2.05) is 30.1 Å². The zero-order chi connectivity index (χ0) is 16.1. The van der Waals surface area contributed by atoms with Crippen LogP contribution in [0.15, 0.2) is 18.2 Å². The molecule has 2 aliphatic heterocycles. The zero-order valence-electron chi connectivity index (χ0n) is 14.3. The maximum Gasteiger partial charge on any atom is 0.253 e. The molecule has 0 radical (unpaired) electrons. The Balaban J connectivity index is 0.00000208. The minimum absolute atomic E-state index is 0. The van der Waals surface area contributed by atoms with Gasteiger partial charge in [0.2, 0.25) is 0 Å². The van der Waals surface area contributed by atoms with E-state index in [1.165, 1.54) is 6.42 Å². The number of ether oxygens (including phenoxy) is 2. The zero-order valence-corrected chi connectivity index (χ0v) is 15.1. The molecular weight excluding hydrogens is 328 g/mol. The van der Waals surface area contributed by atoms with E-state index in [0.717, 1.165) is 50.6 Å². The minimum atomic E-state index is 0. The van der Waals surface area contributed by atoms with E-state index in [2.05, 4.69) is 5.32 Å². The average Bonchev–Trinajstić information content (AvgIpc) is 2.84. The van der Waals surface area contributed by atoms with Crippen molar-refractivity contribution in [1.82, 2.24) is 10.2 Å². The van der Waals surface area contributed by atoms with Gasteiger partial charge in [-0.2, -0.15) is 0 Å². The molecule has 0 spiro atoms. The molecule has 1 aromatic carbocycles. The van der Waals surface area contributed by atoms with Crippen molar-refractivity contribution < 1.29 is 14.3 Å². The van der Waals surface area contributed by atoms with Crippen LogP contribution in [0.2, 0.25) is 0 Å². The molecule has 1 saturated heterocycles. The van der Waals surface area contributed by atoms with Crippen LogP contribution in [0.3, 0.4) is 0 Å². The van der Waals surface area contributed by atoms with Gasteiger partial charge in [0, 0.05) is 25.1 Å². The van der Waals surface area contributed by atoms with Crippen molar-refractivity contribution in [3.63, 3.8) is 0 Å². The Bertz CT molecular complexity index is 545.